The molecule has 1 aromatic heterocycles. The fraction of sp³-hybridized carbons (Fsp3) is 0.276. The van der Waals surface area contributed by atoms with E-state index in [1.54, 1.807) is 30.3 Å². The molecule has 0 spiro atoms. The number of imidazole rings is 1. The SMILES string of the molecule is Cc1cccc(N2CCNCC2)c1.Cn1c(CCc2ccc(C(N)=NO)cc2)nc2cc(C(=O)O)ccc21. The summed E-state index contributed by atoms with van der Waals surface area (Å²) in [5.74, 6) is 0.00840. The monoisotopic (exact) mass is 514 g/mol. The highest BCUT2D eigenvalue weighted by atomic mass is 16.4. The van der Waals surface area contributed by atoms with Gasteiger partial charge in [-0.05, 0) is 54.8 Å². The maximum Gasteiger partial charge on any atom is 0.335 e. The Hall–Kier alpha value is -4.37. The molecule has 1 fully saturated rings. The number of rotatable bonds is 6. The molecule has 5 rings (SSSR count). The van der Waals surface area contributed by atoms with Crippen LogP contribution in [0.5, 0.6) is 0 Å². The summed E-state index contributed by atoms with van der Waals surface area (Å²) in [7, 11) is 1.92. The summed E-state index contributed by atoms with van der Waals surface area (Å²) < 4.78 is 1.98. The van der Waals surface area contributed by atoms with Crippen LogP contribution in [-0.4, -0.2) is 57.8 Å². The van der Waals surface area contributed by atoms with Gasteiger partial charge < -0.3 is 30.8 Å². The first kappa shape index (κ1) is 26.7. The van der Waals surface area contributed by atoms with Crippen LogP contribution in [-0.2, 0) is 19.9 Å². The van der Waals surface area contributed by atoms with Crippen molar-refractivity contribution in [3.63, 3.8) is 0 Å². The van der Waals surface area contributed by atoms with Crippen molar-refractivity contribution in [2.75, 3.05) is 31.1 Å². The maximum absolute atomic E-state index is 11.1. The second-order valence-corrected chi connectivity index (χ2v) is 9.35. The lowest BCUT2D eigenvalue weighted by molar-refractivity contribution is 0.0697. The van der Waals surface area contributed by atoms with Crippen molar-refractivity contribution in [2.45, 2.75) is 19.8 Å². The zero-order chi connectivity index (χ0) is 27.1. The summed E-state index contributed by atoms with van der Waals surface area (Å²) in [4.78, 5) is 18.1. The molecular formula is C29H34N6O3. The predicted octanol–water partition coefficient (Wildman–Crippen LogP) is 3.56. The first-order chi connectivity index (χ1) is 18.4. The maximum atomic E-state index is 11.1. The molecule has 1 aliphatic rings. The number of nitrogens with one attached hydrogen (secondary N) is 1. The largest absolute Gasteiger partial charge is 0.478 e. The van der Waals surface area contributed by atoms with Gasteiger partial charge in [-0.1, -0.05) is 41.6 Å². The summed E-state index contributed by atoms with van der Waals surface area (Å²) in [6.07, 6.45) is 1.50. The number of benzene rings is 3. The number of fused-ring (bicyclic) bond motifs is 1. The van der Waals surface area contributed by atoms with Gasteiger partial charge in [-0.3, -0.25) is 0 Å². The molecule has 38 heavy (non-hydrogen) atoms. The van der Waals surface area contributed by atoms with Crippen LogP contribution >= 0.6 is 0 Å². The Morgan fingerprint density at radius 1 is 1.03 bits per heavy atom. The lowest BCUT2D eigenvalue weighted by atomic mass is 10.1. The van der Waals surface area contributed by atoms with Crippen LogP contribution in [0.4, 0.5) is 5.69 Å². The Morgan fingerprint density at radius 2 is 1.74 bits per heavy atom. The third-order valence-electron chi connectivity index (χ3n) is 6.70. The average Bonchev–Trinajstić information content (AvgIpc) is 3.27. The fourth-order valence-electron chi connectivity index (χ4n) is 4.51. The number of aromatic carboxylic acids is 1. The molecule has 1 saturated heterocycles. The molecule has 1 aliphatic heterocycles. The molecule has 0 saturated carbocycles. The predicted molar refractivity (Wildman–Crippen MR) is 150 cm³/mol. The topological polar surface area (TPSA) is 129 Å². The quantitative estimate of drug-likeness (QED) is 0.134. The number of anilines is 1. The number of carboxylic acid groups (broad SMARTS) is 1. The highest BCUT2D eigenvalue weighted by molar-refractivity contribution is 5.97. The van der Waals surface area contributed by atoms with Gasteiger partial charge in [0, 0.05) is 50.9 Å². The highest BCUT2D eigenvalue weighted by Crippen LogP contribution is 2.19. The van der Waals surface area contributed by atoms with Crippen molar-refractivity contribution in [1.82, 2.24) is 14.9 Å². The van der Waals surface area contributed by atoms with E-state index >= 15 is 0 Å². The molecule has 9 heteroatoms. The van der Waals surface area contributed by atoms with Crippen molar-refractivity contribution in [3.8, 4) is 0 Å². The van der Waals surface area contributed by atoms with E-state index in [0.29, 0.717) is 11.1 Å². The number of aryl methyl sites for hydroxylation is 4. The van der Waals surface area contributed by atoms with E-state index in [1.807, 2.05) is 23.7 Å². The minimum absolute atomic E-state index is 0.0798. The van der Waals surface area contributed by atoms with E-state index in [9.17, 15) is 4.79 Å². The first-order valence-electron chi connectivity index (χ1n) is 12.6. The zero-order valence-electron chi connectivity index (χ0n) is 21.8. The number of nitrogens with two attached hydrogens (primary N) is 1. The van der Waals surface area contributed by atoms with E-state index in [2.05, 4.69) is 51.5 Å². The van der Waals surface area contributed by atoms with Crippen molar-refractivity contribution in [2.24, 2.45) is 17.9 Å². The minimum atomic E-state index is -0.958. The van der Waals surface area contributed by atoms with Gasteiger partial charge in [0.15, 0.2) is 5.84 Å². The average molecular weight is 515 g/mol. The summed E-state index contributed by atoms with van der Waals surface area (Å²) in [5, 5.41) is 24.1. The van der Waals surface area contributed by atoms with Gasteiger partial charge in [0.25, 0.3) is 0 Å². The van der Waals surface area contributed by atoms with Crippen LogP contribution in [0.1, 0.15) is 32.9 Å². The highest BCUT2D eigenvalue weighted by Gasteiger charge is 2.12. The standard InChI is InChI=1S/C18H18N4O3.C11H16N2/c1-22-15-8-7-13(18(23)24)10-14(15)20-16(22)9-4-11-2-5-12(6-3-11)17(19)21-25;1-10-3-2-4-11(9-10)13-7-5-12-6-8-13/h2-3,5-8,10,25H,4,9H2,1H3,(H2,19,21)(H,23,24);2-4,9,12H,5-8H2,1H3. The Balaban J connectivity index is 0.000000216. The molecule has 5 N–H and O–H groups in total. The molecule has 0 radical (unpaired) electrons. The zero-order valence-corrected chi connectivity index (χ0v) is 21.8. The van der Waals surface area contributed by atoms with Crippen LogP contribution in [0, 0.1) is 6.92 Å². The third kappa shape index (κ3) is 6.49. The number of carbonyl (C=O) groups is 1. The summed E-state index contributed by atoms with van der Waals surface area (Å²) in [6.45, 7) is 6.61. The minimum Gasteiger partial charge on any atom is -0.478 e. The first-order valence-corrected chi connectivity index (χ1v) is 12.6. The lowest BCUT2D eigenvalue weighted by Gasteiger charge is -2.29. The fourth-order valence-corrected chi connectivity index (χ4v) is 4.51. The molecule has 0 bridgehead atoms. The molecule has 0 aliphatic carbocycles. The van der Waals surface area contributed by atoms with E-state index in [0.717, 1.165) is 55.9 Å². The summed E-state index contributed by atoms with van der Waals surface area (Å²) in [5.41, 5.74) is 11.8. The molecule has 2 heterocycles. The molecule has 3 aromatic carbocycles. The van der Waals surface area contributed by atoms with Crippen LogP contribution in [0.15, 0.2) is 71.9 Å². The molecule has 0 amide bonds. The van der Waals surface area contributed by atoms with Crippen LogP contribution < -0.4 is 16.0 Å². The number of oxime groups is 1. The Kier molecular flexibility index (Phi) is 8.60. The second-order valence-electron chi connectivity index (χ2n) is 9.35. The molecule has 9 nitrogen and oxygen atoms in total. The number of aromatic nitrogens is 2. The summed E-state index contributed by atoms with van der Waals surface area (Å²) in [6, 6.07) is 21.1. The van der Waals surface area contributed by atoms with Gasteiger partial charge in [0.2, 0.25) is 0 Å². The molecule has 198 valence electrons. The Bertz CT molecular complexity index is 1420. The Morgan fingerprint density at radius 3 is 2.39 bits per heavy atom. The third-order valence-corrected chi connectivity index (χ3v) is 6.70. The number of carboxylic acids is 1. The van der Waals surface area contributed by atoms with Gasteiger partial charge in [0.1, 0.15) is 5.82 Å². The van der Waals surface area contributed by atoms with E-state index in [-0.39, 0.29) is 11.4 Å². The normalized spacial score (nSPS) is 13.7. The number of amidine groups is 1. The molecule has 0 unspecified atom stereocenters. The number of hydrogen-bond acceptors (Lipinski definition) is 6. The second kappa shape index (κ2) is 12.2. The van der Waals surface area contributed by atoms with Crippen molar-refractivity contribution in [3.05, 3.63) is 94.8 Å². The van der Waals surface area contributed by atoms with Gasteiger partial charge in [-0.2, -0.15) is 0 Å². The van der Waals surface area contributed by atoms with Gasteiger partial charge in [0.05, 0.1) is 16.6 Å². The number of nitrogens with zero attached hydrogens (tertiary/aromatic N) is 4. The Labute approximate surface area is 222 Å². The van der Waals surface area contributed by atoms with E-state index < -0.39 is 5.97 Å². The van der Waals surface area contributed by atoms with Crippen LogP contribution in [0.3, 0.4) is 0 Å². The van der Waals surface area contributed by atoms with Gasteiger partial charge in [-0.15, -0.1) is 0 Å². The number of hydrogen-bond donors (Lipinski definition) is 4. The number of piperazine rings is 1. The van der Waals surface area contributed by atoms with Crippen molar-refractivity contribution < 1.29 is 15.1 Å². The molecule has 0 atom stereocenters. The molecule has 4 aromatic rings. The van der Waals surface area contributed by atoms with Crippen LogP contribution in [0.2, 0.25) is 0 Å². The van der Waals surface area contributed by atoms with Crippen molar-refractivity contribution >= 4 is 28.5 Å². The van der Waals surface area contributed by atoms with Crippen molar-refractivity contribution in [1.29, 1.82) is 0 Å². The van der Waals surface area contributed by atoms with Gasteiger partial charge >= 0.3 is 5.97 Å². The van der Waals surface area contributed by atoms with Gasteiger partial charge in [-0.25, -0.2) is 9.78 Å². The van der Waals surface area contributed by atoms with Crippen LogP contribution in [0.25, 0.3) is 11.0 Å². The van der Waals surface area contributed by atoms with E-state index in [1.165, 1.54) is 11.3 Å². The van der Waals surface area contributed by atoms with E-state index in [4.69, 9.17) is 16.0 Å². The molecular weight excluding hydrogens is 480 g/mol. The summed E-state index contributed by atoms with van der Waals surface area (Å²) >= 11 is 0. The lowest BCUT2D eigenvalue weighted by Crippen LogP contribution is -2.43. The smallest absolute Gasteiger partial charge is 0.335 e.